The third-order valence-electron chi connectivity index (χ3n) is 2.85. The molecule has 0 aromatic rings. The van der Waals surface area contributed by atoms with Gasteiger partial charge in [-0.2, -0.15) is 0 Å². The largest absolute Gasteiger partial charge is 0.395 e. The maximum absolute atomic E-state index is 9.09. The highest BCUT2D eigenvalue weighted by molar-refractivity contribution is 5.76. The van der Waals surface area contributed by atoms with E-state index in [0.29, 0.717) is 12.5 Å². The minimum absolute atomic E-state index is 0.283. The first kappa shape index (κ1) is 11.5. The van der Waals surface area contributed by atoms with Gasteiger partial charge in [-0.25, -0.2) is 0 Å². The van der Waals surface area contributed by atoms with E-state index in [9.17, 15) is 0 Å². The van der Waals surface area contributed by atoms with Gasteiger partial charge in [0.15, 0.2) is 0 Å². The lowest BCUT2D eigenvalue weighted by atomic mass is 10.2. The first-order valence-electron chi connectivity index (χ1n) is 5.42. The van der Waals surface area contributed by atoms with E-state index >= 15 is 0 Å². The fourth-order valence-corrected chi connectivity index (χ4v) is 2.03. The van der Waals surface area contributed by atoms with E-state index in [4.69, 9.17) is 16.2 Å². The molecule has 1 saturated heterocycles. The number of aliphatic hydroxyl groups is 1. The molecular weight excluding hydrogens is 178 g/mol. The first-order chi connectivity index (χ1) is 6.74. The number of amidine groups is 1. The van der Waals surface area contributed by atoms with Crippen molar-refractivity contribution in [1.29, 1.82) is 5.41 Å². The van der Waals surface area contributed by atoms with Gasteiger partial charge < -0.3 is 10.8 Å². The van der Waals surface area contributed by atoms with Crippen molar-refractivity contribution in [2.24, 2.45) is 5.73 Å². The van der Waals surface area contributed by atoms with Gasteiger partial charge >= 0.3 is 0 Å². The van der Waals surface area contributed by atoms with Crippen LogP contribution in [0.2, 0.25) is 0 Å². The Kier molecular flexibility index (Phi) is 4.90. The predicted octanol–water partition coefficient (Wildman–Crippen LogP) is 0.549. The number of likely N-dealkylation sites (tertiary alicyclic amines) is 1. The van der Waals surface area contributed by atoms with Crippen LogP contribution in [0.25, 0.3) is 0 Å². The van der Waals surface area contributed by atoms with Gasteiger partial charge in [0.05, 0.1) is 12.4 Å². The van der Waals surface area contributed by atoms with Crippen LogP contribution >= 0.6 is 0 Å². The summed E-state index contributed by atoms with van der Waals surface area (Å²) in [5.41, 5.74) is 5.27. The van der Waals surface area contributed by atoms with Gasteiger partial charge in [-0.3, -0.25) is 10.3 Å². The summed E-state index contributed by atoms with van der Waals surface area (Å²) in [6, 6.07) is 0.382. The molecule has 4 heteroatoms. The Morgan fingerprint density at radius 3 is 2.93 bits per heavy atom. The molecule has 0 radical (unpaired) electrons. The van der Waals surface area contributed by atoms with Crippen LogP contribution in [-0.4, -0.2) is 41.6 Å². The third kappa shape index (κ3) is 3.64. The average molecular weight is 199 g/mol. The molecule has 0 aromatic carbocycles. The average Bonchev–Trinajstić information content (AvgIpc) is 2.59. The number of aliphatic hydroxyl groups excluding tert-OH is 1. The van der Waals surface area contributed by atoms with Gasteiger partial charge in [-0.05, 0) is 38.8 Å². The molecule has 1 rings (SSSR count). The Morgan fingerprint density at radius 1 is 1.50 bits per heavy atom. The highest BCUT2D eigenvalue weighted by Gasteiger charge is 2.22. The van der Waals surface area contributed by atoms with Gasteiger partial charge in [-0.15, -0.1) is 0 Å². The van der Waals surface area contributed by atoms with Gasteiger partial charge in [0.1, 0.15) is 0 Å². The molecule has 0 spiro atoms. The van der Waals surface area contributed by atoms with Crippen molar-refractivity contribution in [3.8, 4) is 0 Å². The smallest absolute Gasteiger partial charge is 0.0905 e. The predicted molar refractivity (Wildman–Crippen MR) is 57.4 cm³/mol. The SMILES string of the molecule is N=C(N)CCCCN1CCCC1CO. The number of unbranched alkanes of at least 4 members (excludes halogenated alkanes) is 1. The lowest BCUT2D eigenvalue weighted by Gasteiger charge is -2.22. The van der Waals surface area contributed by atoms with Crippen molar-refractivity contribution in [1.82, 2.24) is 4.90 Å². The molecule has 1 aliphatic rings. The van der Waals surface area contributed by atoms with E-state index in [2.05, 4.69) is 4.90 Å². The third-order valence-corrected chi connectivity index (χ3v) is 2.85. The van der Waals surface area contributed by atoms with Crippen LogP contribution < -0.4 is 5.73 Å². The van der Waals surface area contributed by atoms with Gasteiger partial charge in [0, 0.05) is 12.5 Å². The van der Waals surface area contributed by atoms with E-state index in [1.165, 1.54) is 6.42 Å². The first-order valence-corrected chi connectivity index (χ1v) is 5.42. The molecule has 14 heavy (non-hydrogen) atoms. The molecule has 1 unspecified atom stereocenters. The summed E-state index contributed by atoms with van der Waals surface area (Å²) in [5, 5.41) is 16.2. The summed E-state index contributed by atoms with van der Waals surface area (Å²) in [5.74, 6) is 0.283. The molecule has 0 saturated carbocycles. The Morgan fingerprint density at radius 2 is 2.29 bits per heavy atom. The quantitative estimate of drug-likeness (QED) is 0.332. The van der Waals surface area contributed by atoms with Crippen LogP contribution in [0, 0.1) is 5.41 Å². The Hall–Kier alpha value is -0.610. The van der Waals surface area contributed by atoms with Gasteiger partial charge in [0.25, 0.3) is 0 Å². The molecular formula is C10H21N3O. The summed E-state index contributed by atoms with van der Waals surface area (Å²) < 4.78 is 0. The molecule has 1 aliphatic heterocycles. The van der Waals surface area contributed by atoms with E-state index in [-0.39, 0.29) is 12.4 Å². The molecule has 82 valence electrons. The zero-order valence-electron chi connectivity index (χ0n) is 8.71. The molecule has 4 nitrogen and oxygen atoms in total. The molecule has 1 heterocycles. The van der Waals surface area contributed by atoms with E-state index in [1.54, 1.807) is 0 Å². The van der Waals surface area contributed by atoms with Crippen LogP contribution in [0.3, 0.4) is 0 Å². The molecule has 0 amide bonds. The number of hydrogen-bond donors (Lipinski definition) is 3. The van der Waals surface area contributed by atoms with Crippen molar-refractivity contribution in [3.63, 3.8) is 0 Å². The minimum atomic E-state index is 0.283. The lowest BCUT2D eigenvalue weighted by molar-refractivity contribution is 0.157. The van der Waals surface area contributed by atoms with Crippen molar-refractivity contribution >= 4 is 5.84 Å². The van der Waals surface area contributed by atoms with Crippen LogP contribution in [0.15, 0.2) is 0 Å². The minimum Gasteiger partial charge on any atom is -0.395 e. The summed E-state index contributed by atoms with van der Waals surface area (Å²) >= 11 is 0. The van der Waals surface area contributed by atoms with Crippen molar-refractivity contribution in [3.05, 3.63) is 0 Å². The topological polar surface area (TPSA) is 73.3 Å². The van der Waals surface area contributed by atoms with Crippen LogP contribution in [-0.2, 0) is 0 Å². The number of rotatable bonds is 6. The summed E-state index contributed by atoms with van der Waals surface area (Å²) in [6.45, 7) is 2.44. The van der Waals surface area contributed by atoms with E-state index in [0.717, 1.165) is 32.4 Å². The Labute approximate surface area is 85.6 Å². The van der Waals surface area contributed by atoms with E-state index < -0.39 is 0 Å². The van der Waals surface area contributed by atoms with Crippen LogP contribution in [0.4, 0.5) is 0 Å². The normalized spacial score (nSPS) is 22.8. The fraction of sp³-hybridized carbons (Fsp3) is 0.900. The Balaban J connectivity index is 2.08. The molecule has 0 aromatic heterocycles. The molecule has 1 atom stereocenters. The standard InChI is InChI=1S/C10H21N3O/c11-10(12)5-1-2-6-13-7-3-4-9(13)8-14/h9,14H,1-8H2,(H3,11,12). The second-order valence-electron chi connectivity index (χ2n) is 4.00. The summed E-state index contributed by atoms with van der Waals surface area (Å²) in [7, 11) is 0. The lowest BCUT2D eigenvalue weighted by Crippen LogP contribution is -2.33. The van der Waals surface area contributed by atoms with Crippen molar-refractivity contribution in [2.75, 3.05) is 19.7 Å². The monoisotopic (exact) mass is 199 g/mol. The number of nitrogens with zero attached hydrogens (tertiary/aromatic N) is 1. The summed E-state index contributed by atoms with van der Waals surface area (Å²) in [6.07, 6.45) is 5.11. The molecule has 0 bridgehead atoms. The zero-order valence-corrected chi connectivity index (χ0v) is 8.71. The number of nitrogens with two attached hydrogens (primary N) is 1. The number of hydrogen-bond acceptors (Lipinski definition) is 3. The zero-order chi connectivity index (χ0) is 10.4. The van der Waals surface area contributed by atoms with E-state index in [1.807, 2.05) is 0 Å². The second-order valence-corrected chi connectivity index (χ2v) is 4.00. The van der Waals surface area contributed by atoms with Gasteiger partial charge in [0.2, 0.25) is 0 Å². The molecule has 0 aliphatic carbocycles. The van der Waals surface area contributed by atoms with Crippen LogP contribution in [0.1, 0.15) is 32.1 Å². The highest BCUT2D eigenvalue weighted by atomic mass is 16.3. The maximum Gasteiger partial charge on any atom is 0.0905 e. The highest BCUT2D eigenvalue weighted by Crippen LogP contribution is 2.17. The Bertz CT molecular complexity index is 184. The van der Waals surface area contributed by atoms with Crippen molar-refractivity contribution < 1.29 is 5.11 Å². The summed E-state index contributed by atoms with van der Waals surface area (Å²) in [4.78, 5) is 2.35. The maximum atomic E-state index is 9.09. The van der Waals surface area contributed by atoms with Gasteiger partial charge in [-0.1, -0.05) is 0 Å². The molecule has 4 N–H and O–H groups in total. The van der Waals surface area contributed by atoms with Crippen molar-refractivity contribution in [2.45, 2.75) is 38.1 Å². The second kappa shape index (κ2) is 5.98. The molecule has 1 fully saturated rings. The van der Waals surface area contributed by atoms with Crippen LogP contribution in [0.5, 0.6) is 0 Å². The number of nitrogens with one attached hydrogen (secondary N) is 1. The fourth-order valence-electron chi connectivity index (χ4n) is 2.03.